The van der Waals surface area contributed by atoms with E-state index in [0.717, 1.165) is 0 Å². The highest BCUT2D eigenvalue weighted by Gasteiger charge is 2.05. The van der Waals surface area contributed by atoms with Crippen LogP contribution in [0, 0.1) is 0 Å². The molecule has 17 heavy (non-hydrogen) atoms. The standard InChI is InChI=1S/C14H17BrS2/c1-2-3-4-5-6-11-9-13(16-10-11)12-7-8-14(15)17-12/h7-10H,2-6H2,1H3. The Balaban J connectivity index is 1.92. The second-order valence-electron chi connectivity index (χ2n) is 4.23. The molecule has 0 fully saturated rings. The Bertz CT molecular complexity index is 456. The van der Waals surface area contributed by atoms with Gasteiger partial charge in [-0.15, -0.1) is 22.7 Å². The monoisotopic (exact) mass is 328 g/mol. The van der Waals surface area contributed by atoms with Gasteiger partial charge in [0, 0.05) is 9.75 Å². The van der Waals surface area contributed by atoms with Crippen LogP contribution >= 0.6 is 38.6 Å². The highest BCUT2D eigenvalue weighted by atomic mass is 79.9. The van der Waals surface area contributed by atoms with Crippen LogP contribution < -0.4 is 0 Å². The van der Waals surface area contributed by atoms with Crippen molar-refractivity contribution in [2.24, 2.45) is 0 Å². The first-order valence-corrected chi connectivity index (χ1v) is 8.61. The van der Waals surface area contributed by atoms with Gasteiger partial charge in [-0.2, -0.15) is 0 Å². The maximum absolute atomic E-state index is 3.52. The zero-order valence-corrected chi connectivity index (χ0v) is 13.3. The molecule has 0 nitrogen and oxygen atoms in total. The molecule has 0 aliphatic carbocycles. The molecule has 2 heterocycles. The van der Waals surface area contributed by atoms with Crippen LogP contribution in [-0.2, 0) is 6.42 Å². The topological polar surface area (TPSA) is 0 Å². The molecule has 0 saturated heterocycles. The summed E-state index contributed by atoms with van der Waals surface area (Å²) in [5, 5.41) is 2.31. The van der Waals surface area contributed by atoms with Gasteiger partial charge in [-0.25, -0.2) is 0 Å². The largest absolute Gasteiger partial charge is 0.143 e. The average molecular weight is 329 g/mol. The van der Waals surface area contributed by atoms with Crippen molar-refractivity contribution in [3.05, 3.63) is 32.9 Å². The molecule has 0 spiro atoms. The summed E-state index contributed by atoms with van der Waals surface area (Å²) in [5.74, 6) is 0. The molecule has 92 valence electrons. The highest BCUT2D eigenvalue weighted by Crippen LogP contribution is 2.35. The van der Waals surface area contributed by atoms with Crippen molar-refractivity contribution in [1.82, 2.24) is 0 Å². The second kappa shape index (κ2) is 6.72. The van der Waals surface area contributed by atoms with Gasteiger partial charge < -0.3 is 0 Å². The zero-order chi connectivity index (χ0) is 12.1. The number of thiophene rings is 2. The molecule has 0 unspecified atom stereocenters. The van der Waals surface area contributed by atoms with Gasteiger partial charge in [0.05, 0.1) is 3.79 Å². The molecule has 0 saturated carbocycles. The van der Waals surface area contributed by atoms with Crippen LogP contribution in [0.5, 0.6) is 0 Å². The second-order valence-corrected chi connectivity index (χ2v) is 7.61. The van der Waals surface area contributed by atoms with Crippen LogP contribution in [-0.4, -0.2) is 0 Å². The van der Waals surface area contributed by atoms with Crippen LogP contribution in [0.1, 0.15) is 38.2 Å². The van der Waals surface area contributed by atoms with Crippen molar-refractivity contribution in [3.8, 4) is 9.75 Å². The molecule has 0 amide bonds. The van der Waals surface area contributed by atoms with Crippen molar-refractivity contribution in [3.63, 3.8) is 0 Å². The first kappa shape index (κ1) is 13.3. The van der Waals surface area contributed by atoms with E-state index in [9.17, 15) is 0 Å². The molecular weight excluding hydrogens is 312 g/mol. The van der Waals surface area contributed by atoms with Gasteiger partial charge in [0.25, 0.3) is 0 Å². The third-order valence-corrected chi connectivity index (χ3v) is 5.59. The maximum Gasteiger partial charge on any atom is 0.0705 e. The summed E-state index contributed by atoms with van der Waals surface area (Å²) in [6.45, 7) is 2.26. The summed E-state index contributed by atoms with van der Waals surface area (Å²) < 4.78 is 1.21. The summed E-state index contributed by atoms with van der Waals surface area (Å²) >= 11 is 7.20. The number of aryl methyl sites for hydroxylation is 1. The predicted molar refractivity (Wildman–Crippen MR) is 83.2 cm³/mol. The van der Waals surface area contributed by atoms with Crippen LogP contribution in [0.3, 0.4) is 0 Å². The highest BCUT2D eigenvalue weighted by molar-refractivity contribution is 9.11. The lowest BCUT2D eigenvalue weighted by Gasteiger charge is -1.96. The van der Waals surface area contributed by atoms with Gasteiger partial charge in [-0.1, -0.05) is 26.2 Å². The Morgan fingerprint density at radius 3 is 2.71 bits per heavy atom. The summed E-state index contributed by atoms with van der Waals surface area (Å²) in [5.41, 5.74) is 1.51. The molecular formula is C14H17BrS2. The van der Waals surface area contributed by atoms with Crippen molar-refractivity contribution in [1.29, 1.82) is 0 Å². The lowest BCUT2D eigenvalue weighted by atomic mass is 10.1. The Hall–Kier alpha value is -0.120. The fourth-order valence-corrected chi connectivity index (χ4v) is 4.27. The summed E-state index contributed by atoms with van der Waals surface area (Å²) in [6.07, 6.45) is 6.63. The van der Waals surface area contributed by atoms with Crippen LogP contribution in [0.15, 0.2) is 27.4 Å². The number of halogens is 1. The number of hydrogen-bond donors (Lipinski definition) is 0. The number of unbranched alkanes of at least 4 members (excludes halogenated alkanes) is 3. The lowest BCUT2D eigenvalue weighted by Crippen LogP contribution is -1.81. The molecule has 2 aromatic heterocycles. The molecule has 2 aromatic rings. The minimum absolute atomic E-state index is 1.21. The number of rotatable bonds is 6. The molecule has 3 heteroatoms. The van der Waals surface area contributed by atoms with E-state index in [1.807, 2.05) is 22.7 Å². The molecule has 0 bridgehead atoms. The lowest BCUT2D eigenvalue weighted by molar-refractivity contribution is 0.667. The van der Waals surface area contributed by atoms with Crippen molar-refractivity contribution >= 4 is 38.6 Å². The number of hydrogen-bond acceptors (Lipinski definition) is 2. The predicted octanol–water partition coefficient (Wildman–Crippen LogP) is 6.36. The fraction of sp³-hybridized carbons (Fsp3) is 0.429. The quantitative estimate of drug-likeness (QED) is 0.541. The van der Waals surface area contributed by atoms with E-state index in [1.54, 1.807) is 0 Å². The summed E-state index contributed by atoms with van der Waals surface area (Å²) in [6, 6.07) is 6.68. The minimum Gasteiger partial charge on any atom is -0.143 e. The Morgan fingerprint density at radius 2 is 2.00 bits per heavy atom. The summed E-state index contributed by atoms with van der Waals surface area (Å²) in [7, 11) is 0. The Morgan fingerprint density at radius 1 is 1.12 bits per heavy atom. The average Bonchev–Trinajstić information content (AvgIpc) is 2.93. The van der Waals surface area contributed by atoms with Gasteiger partial charge in [0.1, 0.15) is 0 Å². The van der Waals surface area contributed by atoms with Gasteiger partial charge >= 0.3 is 0 Å². The smallest absolute Gasteiger partial charge is 0.0705 e. The third-order valence-electron chi connectivity index (χ3n) is 2.79. The van der Waals surface area contributed by atoms with Gasteiger partial charge in [0.2, 0.25) is 0 Å². The zero-order valence-electron chi connectivity index (χ0n) is 10.0. The molecule has 0 aliphatic rings. The minimum atomic E-state index is 1.21. The van der Waals surface area contributed by atoms with E-state index in [1.165, 1.54) is 51.2 Å². The first-order chi connectivity index (χ1) is 8.29. The van der Waals surface area contributed by atoms with E-state index in [0.29, 0.717) is 0 Å². The van der Waals surface area contributed by atoms with Crippen molar-refractivity contribution < 1.29 is 0 Å². The van der Waals surface area contributed by atoms with E-state index < -0.39 is 0 Å². The molecule has 0 atom stereocenters. The van der Waals surface area contributed by atoms with Crippen LogP contribution in [0.4, 0.5) is 0 Å². The third kappa shape index (κ3) is 3.94. The van der Waals surface area contributed by atoms with Gasteiger partial charge in [-0.05, 0) is 57.9 Å². The molecule has 0 aliphatic heterocycles. The van der Waals surface area contributed by atoms with E-state index in [2.05, 4.69) is 46.4 Å². The SMILES string of the molecule is CCCCCCc1csc(-c2ccc(Br)s2)c1. The molecule has 0 N–H and O–H groups in total. The normalized spacial score (nSPS) is 10.9. The molecule has 0 aromatic carbocycles. The Labute approximate surface area is 120 Å². The van der Waals surface area contributed by atoms with E-state index in [-0.39, 0.29) is 0 Å². The maximum atomic E-state index is 3.52. The van der Waals surface area contributed by atoms with Crippen molar-refractivity contribution in [2.45, 2.75) is 39.0 Å². The van der Waals surface area contributed by atoms with E-state index in [4.69, 9.17) is 0 Å². The Kier molecular flexibility index (Phi) is 5.26. The molecule has 0 radical (unpaired) electrons. The van der Waals surface area contributed by atoms with Gasteiger partial charge in [-0.3, -0.25) is 0 Å². The molecule has 2 rings (SSSR count). The van der Waals surface area contributed by atoms with Gasteiger partial charge in [0.15, 0.2) is 0 Å². The van der Waals surface area contributed by atoms with Crippen LogP contribution in [0.2, 0.25) is 0 Å². The first-order valence-electron chi connectivity index (χ1n) is 6.12. The van der Waals surface area contributed by atoms with E-state index >= 15 is 0 Å². The fourth-order valence-electron chi connectivity index (χ4n) is 1.84. The van der Waals surface area contributed by atoms with Crippen LogP contribution in [0.25, 0.3) is 9.75 Å². The summed E-state index contributed by atoms with van der Waals surface area (Å²) in [4.78, 5) is 2.79. The van der Waals surface area contributed by atoms with Crippen molar-refractivity contribution in [2.75, 3.05) is 0 Å².